The highest BCUT2D eigenvalue weighted by Gasteiger charge is 2.14. The Morgan fingerprint density at radius 3 is 2.92 bits per heavy atom. The zero-order valence-electron chi connectivity index (χ0n) is 13.5. The Morgan fingerprint density at radius 1 is 1.38 bits per heavy atom. The van der Waals surface area contributed by atoms with Crippen LogP contribution in [0.4, 0.5) is 15.9 Å². The van der Waals surface area contributed by atoms with Gasteiger partial charge in [0.15, 0.2) is 5.82 Å². The molecule has 0 aliphatic carbocycles. The van der Waals surface area contributed by atoms with Crippen LogP contribution in [0, 0.1) is 5.82 Å². The van der Waals surface area contributed by atoms with Crippen molar-refractivity contribution in [2.24, 2.45) is 0 Å². The van der Waals surface area contributed by atoms with E-state index in [9.17, 15) is 9.18 Å². The lowest BCUT2D eigenvalue weighted by molar-refractivity contribution is -0.120. The van der Waals surface area contributed by atoms with Crippen molar-refractivity contribution in [1.29, 1.82) is 0 Å². The van der Waals surface area contributed by atoms with Gasteiger partial charge in [-0.3, -0.25) is 4.79 Å². The van der Waals surface area contributed by atoms with Crippen LogP contribution in [0.15, 0.2) is 24.3 Å². The average molecular weight is 333 g/mol. The Morgan fingerprint density at radius 2 is 2.17 bits per heavy atom. The van der Waals surface area contributed by atoms with Crippen molar-refractivity contribution in [1.82, 2.24) is 4.98 Å². The van der Waals surface area contributed by atoms with E-state index in [1.807, 2.05) is 12.1 Å². The smallest absolute Gasteiger partial charge is 0.250 e. The van der Waals surface area contributed by atoms with Gasteiger partial charge in [-0.15, -0.1) is 0 Å². The molecule has 1 aromatic carbocycles. The molecule has 128 valence electrons. The number of morpholine rings is 1. The van der Waals surface area contributed by atoms with Gasteiger partial charge < -0.3 is 19.7 Å². The summed E-state index contributed by atoms with van der Waals surface area (Å²) in [5.74, 6) is -0.0411. The molecule has 2 aromatic rings. The molecule has 0 radical (unpaired) electrons. The summed E-state index contributed by atoms with van der Waals surface area (Å²) in [5.41, 5.74) is 0.687. The zero-order chi connectivity index (χ0) is 16.9. The number of carbonyl (C=O) groups is 1. The Hall–Kier alpha value is -2.25. The summed E-state index contributed by atoms with van der Waals surface area (Å²) in [5, 5.41) is 3.27. The molecule has 0 atom stereocenters. The molecule has 1 aliphatic heterocycles. The second-order valence-corrected chi connectivity index (χ2v) is 5.48. The fourth-order valence-corrected chi connectivity index (χ4v) is 2.61. The lowest BCUT2D eigenvalue weighted by atomic mass is 10.2. The predicted molar refractivity (Wildman–Crippen MR) is 89.9 cm³/mol. The highest BCUT2D eigenvalue weighted by Crippen LogP contribution is 2.25. The van der Waals surface area contributed by atoms with Crippen molar-refractivity contribution in [3.63, 3.8) is 0 Å². The van der Waals surface area contributed by atoms with Crippen LogP contribution in [0.5, 0.6) is 0 Å². The molecule has 1 amide bonds. The summed E-state index contributed by atoms with van der Waals surface area (Å²) < 4.78 is 24.8. The third-order valence-electron chi connectivity index (χ3n) is 3.79. The van der Waals surface area contributed by atoms with E-state index in [1.165, 1.54) is 6.07 Å². The standard InChI is InChI=1S/C17H20FN3O3/c1-2-23-11-16(22)19-13-9-12-3-4-15(20-17(12)14(18)10-13)21-5-7-24-8-6-21/h3-4,9-10H,2,5-8,11H2,1H3,(H,19,22). The van der Waals surface area contributed by atoms with Crippen LogP contribution in [-0.2, 0) is 14.3 Å². The summed E-state index contributed by atoms with van der Waals surface area (Å²) in [6.07, 6.45) is 0. The SMILES string of the molecule is CCOCC(=O)Nc1cc(F)c2nc(N3CCOCC3)ccc2c1. The van der Waals surface area contributed by atoms with Gasteiger partial charge in [-0.1, -0.05) is 0 Å². The first-order valence-electron chi connectivity index (χ1n) is 7.98. The number of pyridine rings is 1. The fraction of sp³-hybridized carbons (Fsp3) is 0.412. The number of ether oxygens (including phenoxy) is 2. The van der Waals surface area contributed by atoms with Gasteiger partial charge in [-0.05, 0) is 31.2 Å². The normalized spacial score (nSPS) is 14.8. The molecule has 1 aliphatic rings. The first-order valence-corrected chi connectivity index (χ1v) is 7.98. The largest absolute Gasteiger partial charge is 0.378 e. The number of nitrogens with one attached hydrogen (secondary N) is 1. The van der Waals surface area contributed by atoms with Gasteiger partial charge in [0.05, 0.1) is 13.2 Å². The molecule has 0 spiro atoms. The minimum absolute atomic E-state index is 0.0512. The highest BCUT2D eigenvalue weighted by atomic mass is 19.1. The van der Waals surface area contributed by atoms with Gasteiger partial charge in [-0.2, -0.15) is 0 Å². The lowest BCUT2D eigenvalue weighted by Crippen LogP contribution is -2.36. The van der Waals surface area contributed by atoms with E-state index < -0.39 is 5.82 Å². The number of carbonyl (C=O) groups excluding carboxylic acids is 1. The van der Waals surface area contributed by atoms with E-state index in [0.717, 1.165) is 18.9 Å². The van der Waals surface area contributed by atoms with Crippen LogP contribution in [0.1, 0.15) is 6.92 Å². The summed E-state index contributed by atoms with van der Waals surface area (Å²) >= 11 is 0. The molecule has 0 saturated carbocycles. The first kappa shape index (κ1) is 16.6. The van der Waals surface area contributed by atoms with Gasteiger partial charge in [-0.25, -0.2) is 9.37 Å². The first-order chi connectivity index (χ1) is 11.7. The van der Waals surface area contributed by atoms with Gasteiger partial charge in [0.1, 0.15) is 17.9 Å². The Labute approximate surface area is 139 Å². The van der Waals surface area contributed by atoms with E-state index >= 15 is 0 Å². The zero-order valence-corrected chi connectivity index (χ0v) is 13.5. The number of anilines is 2. The number of halogens is 1. The minimum Gasteiger partial charge on any atom is -0.378 e. The fourth-order valence-electron chi connectivity index (χ4n) is 2.61. The van der Waals surface area contributed by atoms with Crippen molar-refractivity contribution in [2.75, 3.05) is 49.7 Å². The third kappa shape index (κ3) is 3.80. The molecule has 1 aromatic heterocycles. The number of aromatic nitrogens is 1. The van der Waals surface area contributed by atoms with Crippen molar-refractivity contribution in [3.05, 3.63) is 30.1 Å². The maximum atomic E-state index is 14.4. The van der Waals surface area contributed by atoms with E-state index in [4.69, 9.17) is 9.47 Å². The van der Waals surface area contributed by atoms with Gasteiger partial charge in [0, 0.05) is 30.8 Å². The van der Waals surface area contributed by atoms with Crippen LogP contribution in [0.3, 0.4) is 0 Å². The van der Waals surface area contributed by atoms with Crippen molar-refractivity contribution in [2.45, 2.75) is 6.92 Å². The lowest BCUT2D eigenvalue weighted by Gasteiger charge is -2.28. The average Bonchev–Trinajstić information content (AvgIpc) is 2.60. The molecule has 1 fully saturated rings. The molecular formula is C17H20FN3O3. The molecule has 3 rings (SSSR count). The second kappa shape index (κ2) is 7.55. The van der Waals surface area contributed by atoms with E-state index in [0.29, 0.717) is 36.4 Å². The van der Waals surface area contributed by atoms with Crippen molar-refractivity contribution < 1.29 is 18.7 Å². The van der Waals surface area contributed by atoms with Crippen LogP contribution in [0.25, 0.3) is 10.9 Å². The van der Waals surface area contributed by atoms with Crippen LogP contribution in [0.2, 0.25) is 0 Å². The minimum atomic E-state index is -0.464. The summed E-state index contributed by atoms with van der Waals surface area (Å²) in [6.45, 7) is 4.98. The van der Waals surface area contributed by atoms with Crippen LogP contribution < -0.4 is 10.2 Å². The van der Waals surface area contributed by atoms with E-state index in [-0.39, 0.29) is 12.5 Å². The van der Waals surface area contributed by atoms with Gasteiger partial charge >= 0.3 is 0 Å². The molecular weight excluding hydrogens is 313 g/mol. The Kier molecular flexibility index (Phi) is 5.22. The second-order valence-electron chi connectivity index (χ2n) is 5.48. The summed E-state index contributed by atoms with van der Waals surface area (Å²) in [7, 11) is 0. The van der Waals surface area contributed by atoms with Crippen LogP contribution in [-0.4, -0.2) is 50.4 Å². The Bertz CT molecular complexity index is 732. The summed E-state index contributed by atoms with van der Waals surface area (Å²) in [6, 6.07) is 6.66. The molecule has 6 nitrogen and oxygen atoms in total. The van der Waals surface area contributed by atoms with Crippen molar-refractivity contribution in [3.8, 4) is 0 Å². The molecule has 7 heteroatoms. The molecule has 1 N–H and O–H groups in total. The quantitative estimate of drug-likeness (QED) is 0.909. The van der Waals surface area contributed by atoms with E-state index in [2.05, 4.69) is 15.2 Å². The molecule has 0 unspecified atom stereocenters. The number of amides is 1. The highest BCUT2D eigenvalue weighted by molar-refractivity contribution is 5.94. The maximum absolute atomic E-state index is 14.4. The van der Waals surface area contributed by atoms with Gasteiger partial charge in [0.2, 0.25) is 5.91 Å². The monoisotopic (exact) mass is 333 g/mol. The predicted octanol–water partition coefficient (Wildman–Crippen LogP) is 2.19. The number of benzene rings is 1. The van der Waals surface area contributed by atoms with Gasteiger partial charge in [0.25, 0.3) is 0 Å². The number of fused-ring (bicyclic) bond motifs is 1. The van der Waals surface area contributed by atoms with Crippen LogP contribution >= 0.6 is 0 Å². The van der Waals surface area contributed by atoms with Crippen molar-refractivity contribution >= 4 is 28.3 Å². The van der Waals surface area contributed by atoms with E-state index in [1.54, 1.807) is 13.0 Å². The number of hydrogen-bond donors (Lipinski definition) is 1. The number of nitrogens with zero attached hydrogens (tertiary/aromatic N) is 2. The third-order valence-corrected chi connectivity index (χ3v) is 3.79. The molecule has 24 heavy (non-hydrogen) atoms. The summed E-state index contributed by atoms with van der Waals surface area (Å²) in [4.78, 5) is 18.2. The molecule has 0 bridgehead atoms. The topological polar surface area (TPSA) is 63.7 Å². The molecule has 1 saturated heterocycles. The number of hydrogen-bond acceptors (Lipinski definition) is 5. The maximum Gasteiger partial charge on any atom is 0.250 e. The molecule has 2 heterocycles. The Balaban J connectivity index is 1.82. The number of rotatable bonds is 5.